The van der Waals surface area contributed by atoms with Crippen molar-refractivity contribution in [1.29, 1.82) is 0 Å². The fraction of sp³-hybridized carbons (Fsp3) is 0.667. The molecule has 2 N–H and O–H groups in total. The molecule has 6 nitrogen and oxygen atoms in total. The van der Waals surface area contributed by atoms with Crippen LogP contribution in [0.15, 0.2) is 4.52 Å². The second kappa shape index (κ2) is 6.39. The van der Waals surface area contributed by atoms with E-state index in [-0.39, 0.29) is 18.7 Å². The lowest BCUT2D eigenvalue weighted by atomic mass is 10.1. The Morgan fingerprint density at radius 3 is 2.67 bits per heavy atom. The first-order valence-electron chi connectivity index (χ1n) is 6.10. The van der Waals surface area contributed by atoms with Crippen molar-refractivity contribution >= 4 is 6.03 Å². The van der Waals surface area contributed by atoms with Crippen molar-refractivity contribution in [1.82, 2.24) is 15.4 Å². The molecule has 0 saturated carbocycles. The number of nitrogens with zero attached hydrogens (tertiary/aromatic N) is 2. The third-order valence-electron chi connectivity index (χ3n) is 2.90. The van der Waals surface area contributed by atoms with Gasteiger partial charge >= 0.3 is 6.03 Å². The second-order valence-electron chi connectivity index (χ2n) is 4.21. The number of urea groups is 1. The van der Waals surface area contributed by atoms with E-state index in [0.717, 1.165) is 11.3 Å². The molecule has 1 unspecified atom stereocenters. The molecule has 1 aromatic rings. The Morgan fingerprint density at radius 1 is 1.56 bits per heavy atom. The Kier molecular flexibility index (Phi) is 5.15. The van der Waals surface area contributed by atoms with E-state index in [1.807, 2.05) is 27.7 Å². The normalized spacial score (nSPS) is 12.3. The van der Waals surface area contributed by atoms with Crippen LogP contribution in [0.1, 0.15) is 36.9 Å². The summed E-state index contributed by atoms with van der Waals surface area (Å²) in [6.07, 6.45) is 0. The minimum atomic E-state index is -0.195. The molecule has 0 aliphatic heterocycles. The minimum Gasteiger partial charge on any atom is -0.395 e. The summed E-state index contributed by atoms with van der Waals surface area (Å²) in [5.41, 5.74) is 1.69. The van der Waals surface area contributed by atoms with E-state index in [0.29, 0.717) is 18.8 Å². The predicted molar refractivity (Wildman–Crippen MR) is 67.3 cm³/mol. The summed E-state index contributed by atoms with van der Waals surface area (Å²) in [6.45, 7) is 8.27. The molecule has 2 amide bonds. The van der Waals surface area contributed by atoms with Crippen LogP contribution in [0.3, 0.4) is 0 Å². The van der Waals surface area contributed by atoms with Crippen molar-refractivity contribution in [3.05, 3.63) is 17.0 Å². The van der Waals surface area contributed by atoms with Crippen LogP contribution in [0.25, 0.3) is 0 Å². The van der Waals surface area contributed by atoms with Crippen LogP contribution in [-0.4, -0.2) is 40.9 Å². The highest BCUT2D eigenvalue weighted by molar-refractivity contribution is 5.74. The van der Waals surface area contributed by atoms with Gasteiger partial charge in [-0.3, -0.25) is 0 Å². The predicted octanol–water partition coefficient (Wildman–Crippen LogP) is 1.38. The monoisotopic (exact) mass is 255 g/mol. The summed E-state index contributed by atoms with van der Waals surface area (Å²) in [7, 11) is 0. The van der Waals surface area contributed by atoms with Crippen molar-refractivity contribution in [2.45, 2.75) is 33.7 Å². The summed E-state index contributed by atoms with van der Waals surface area (Å²) in [6, 6.07) is -0.365. The van der Waals surface area contributed by atoms with Crippen LogP contribution in [-0.2, 0) is 0 Å². The number of hydrogen-bond donors (Lipinski definition) is 2. The van der Waals surface area contributed by atoms with Gasteiger partial charge in [0, 0.05) is 18.7 Å². The van der Waals surface area contributed by atoms with Gasteiger partial charge in [-0.25, -0.2) is 4.79 Å². The van der Waals surface area contributed by atoms with Gasteiger partial charge in [-0.2, -0.15) is 0 Å². The average molecular weight is 255 g/mol. The van der Waals surface area contributed by atoms with E-state index in [4.69, 9.17) is 9.63 Å². The molecular formula is C12H21N3O3. The van der Waals surface area contributed by atoms with Crippen LogP contribution in [0.2, 0.25) is 0 Å². The number of aliphatic hydroxyl groups is 1. The standard InChI is InChI=1S/C12H21N3O3/c1-5-15(6-7-16)12(17)13-8(2)11-9(3)14-18-10(11)4/h8,16H,5-7H2,1-4H3,(H,13,17). The number of nitrogens with one attached hydrogen (secondary N) is 1. The molecule has 1 heterocycles. The summed E-state index contributed by atoms with van der Waals surface area (Å²) in [5.74, 6) is 0.713. The summed E-state index contributed by atoms with van der Waals surface area (Å²) in [4.78, 5) is 13.5. The Hall–Kier alpha value is -1.56. The highest BCUT2D eigenvalue weighted by Gasteiger charge is 2.20. The zero-order valence-electron chi connectivity index (χ0n) is 11.4. The Bertz CT molecular complexity index is 384. The van der Waals surface area contributed by atoms with Crippen LogP contribution in [0, 0.1) is 13.8 Å². The van der Waals surface area contributed by atoms with Gasteiger partial charge < -0.3 is 19.8 Å². The SMILES string of the molecule is CCN(CCO)C(=O)NC(C)c1c(C)noc1C. The number of likely N-dealkylation sites (N-methyl/N-ethyl adjacent to an activating group) is 1. The number of carbonyl (C=O) groups excluding carboxylic acids is 1. The topological polar surface area (TPSA) is 78.6 Å². The Labute approximate surface area is 107 Å². The molecule has 0 aromatic carbocycles. The first kappa shape index (κ1) is 14.5. The van der Waals surface area contributed by atoms with E-state index in [9.17, 15) is 4.79 Å². The molecule has 102 valence electrons. The third kappa shape index (κ3) is 3.22. The van der Waals surface area contributed by atoms with Gasteiger partial charge in [-0.05, 0) is 27.7 Å². The van der Waals surface area contributed by atoms with Crippen molar-refractivity contribution in [3.8, 4) is 0 Å². The van der Waals surface area contributed by atoms with E-state index < -0.39 is 0 Å². The zero-order valence-corrected chi connectivity index (χ0v) is 11.4. The Morgan fingerprint density at radius 2 is 2.22 bits per heavy atom. The lowest BCUT2D eigenvalue weighted by molar-refractivity contribution is 0.177. The molecule has 1 rings (SSSR count). The molecule has 0 radical (unpaired) electrons. The average Bonchev–Trinajstić information content (AvgIpc) is 2.65. The first-order chi connectivity index (χ1) is 8.51. The van der Waals surface area contributed by atoms with Gasteiger partial charge in [-0.15, -0.1) is 0 Å². The molecule has 0 aliphatic rings. The molecule has 0 spiro atoms. The van der Waals surface area contributed by atoms with Crippen LogP contribution in [0.5, 0.6) is 0 Å². The van der Waals surface area contributed by atoms with Gasteiger partial charge in [-0.1, -0.05) is 5.16 Å². The van der Waals surface area contributed by atoms with Gasteiger partial charge in [0.25, 0.3) is 0 Å². The fourth-order valence-electron chi connectivity index (χ4n) is 1.98. The van der Waals surface area contributed by atoms with Gasteiger partial charge in [0.15, 0.2) is 0 Å². The number of aryl methyl sites for hydroxylation is 2. The number of aromatic nitrogens is 1. The molecule has 18 heavy (non-hydrogen) atoms. The van der Waals surface area contributed by atoms with Gasteiger partial charge in [0.05, 0.1) is 18.3 Å². The number of hydrogen-bond acceptors (Lipinski definition) is 4. The maximum absolute atomic E-state index is 11.9. The minimum absolute atomic E-state index is 0.0407. The van der Waals surface area contributed by atoms with E-state index in [1.165, 1.54) is 0 Å². The molecule has 1 atom stereocenters. The summed E-state index contributed by atoms with van der Waals surface area (Å²) in [5, 5.41) is 15.6. The molecule has 0 fully saturated rings. The zero-order chi connectivity index (χ0) is 13.7. The lowest BCUT2D eigenvalue weighted by Crippen LogP contribution is -2.42. The van der Waals surface area contributed by atoms with E-state index in [1.54, 1.807) is 4.90 Å². The van der Waals surface area contributed by atoms with Gasteiger partial charge in [0.2, 0.25) is 0 Å². The van der Waals surface area contributed by atoms with Crippen LogP contribution < -0.4 is 5.32 Å². The highest BCUT2D eigenvalue weighted by Crippen LogP contribution is 2.20. The number of rotatable bonds is 5. The smallest absolute Gasteiger partial charge is 0.317 e. The number of amides is 2. The molecule has 0 saturated heterocycles. The van der Waals surface area contributed by atoms with E-state index in [2.05, 4.69) is 10.5 Å². The summed E-state index contributed by atoms with van der Waals surface area (Å²) < 4.78 is 5.08. The molecule has 0 aliphatic carbocycles. The Balaban J connectivity index is 2.70. The first-order valence-corrected chi connectivity index (χ1v) is 6.10. The van der Waals surface area contributed by atoms with E-state index >= 15 is 0 Å². The fourth-order valence-corrected chi connectivity index (χ4v) is 1.98. The lowest BCUT2D eigenvalue weighted by Gasteiger charge is -2.23. The number of carbonyl (C=O) groups is 1. The second-order valence-corrected chi connectivity index (χ2v) is 4.21. The van der Waals surface area contributed by atoms with Crippen molar-refractivity contribution < 1.29 is 14.4 Å². The maximum atomic E-state index is 11.9. The summed E-state index contributed by atoms with van der Waals surface area (Å²) >= 11 is 0. The number of aliphatic hydroxyl groups excluding tert-OH is 1. The van der Waals surface area contributed by atoms with Crippen molar-refractivity contribution in [2.24, 2.45) is 0 Å². The highest BCUT2D eigenvalue weighted by atomic mass is 16.5. The van der Waals surface area contributed by atoms with Crippen LogP contribution in [0.4, 0.5) is 4.79 Å². The van der Waals surface area contributed by atoms with Crippen molar-refractivity contribution in [3.63, 3.8) is 0 Å². The molecular weight excluding hydrogens is 234 g/mol. The third-order valence-corrected chi connectivity index (χ3v) is 2.90. The molecule has 0 bridgehead atoms. The molecule has 1 aromatic heterocycles. The largest absolute Gasteiger partial charge is 0.395 e. The maximum Gasteiger partial charge on any atom is 0.317 e. The van der Waals surface area contributed by atoms with Gasteiger partial charge in [0.1, 0.15) is 5.76 Å². The quantitative estimate of drug-likeness (QED) is 0.833. The van der Waals surface area contributed by atoms with Crippen LogP contribution >= 0.6 is 0 Å². The molecule has 6 heteroatoms. The van der Waals surface area contributed by atoms with Crippen molar-refractivity contribution in [2.75, 3.05) is 19.7 Å².